The van der Waals surface area contributed by atoms with Crippen LogP contribution in [-0.2, 0) is 4.74 Å². The van der Waals surface area contributed by atoms with E-state index in [-0.39, 0.29) is 0 Å². The molecule has 1 aliphatic heterocycles. The Hall–Kier alpha value is -0.0800. The summed E-state index contributed by atoms with van der Waals surface area (Å²) in [6.07, 6.45) is 7.07. The Kier molecular flexibility index (Phi) is 2.14. The van der Waals surface area contributed by atoms with Crippen molar-refractivity contribution in [1.29, 1.82) is 0 Å². The number of ether oxygens (including phenoxy) is 1. The van der Waals surface area contributed by atoms with Gasteiger partial charge in [-0.3, -0.25) is 0 Å². The first kappa shape index (κ1) is 7.56. The number of aliphatic hydroxyl groups is 1. The predicted molar refractivity (Wildman–Crippen MR) is 42.1 cm³/mol. The maximum atomic E-state index is 9.23. The standard InChI is InChI=1S/C9H16O2/c10-9-6-5-7-3-1-2-4-8(7)11-9/h7-10H,1-6H2. The number of hydrogen-bond acceptors (Lipinski definition) is 2. The summed E-state index contributed by atoms with van der Waals surface area (Å²) in [4.78, 5) is 0. The third-order valence-electron chi connectivity index (χ3n) is 2.96. The quantitative estimate of drug-likeness (QED) is 0.578. The summed E-state index contributed by atoms with van der Waals surface area (Å²) < 4.78 is 5.45. The van der Waals surface area contributed by atoms with Crippen LogP contribution in [-0.4, -0.2) is 17.5 Å². The van der Waals surface area contributed by atoms with E-state index in [0.717, 1.165) is 12.3 Å². The van der Waals surface area contributed by atoms with Crippen LogP contribution in [0.25, 0.3) is 0 Å². The minimum absolute atomic E-state index is 0.382. The molecule has 2 aliphatic rings. The number of rotatable bonds is 0. The normalized spacial score (nSPS) is 45.0. The highest BCUT2D eigenvalue weighted by Crippen LogP contribution is 2.34. The van der Waals surface area contributed by atoms with Gasteiger partial charge in [-0.05, 0) is 31.6 Å². The highest BCUT2D eigenvalue weighted by Gasteiger charge is 2.31. The molecule has 3 unspecified atom stereocenters. The molecule has 0 amide bonds. The van der Waals surface area contributed by atoms with Gasteiger partial charge in [-0.1, -0.05) is 12.8 Å². The van der Waals surface area contributed by atoms with Crippen molar-refractivity contribution in [3.05, 3.63) is 0 Å². The van der Waals surface area contributed by atoms with Crippen molar-refractivity contribution in [3.63, 3.8) is 0 Å². The largest absolute Gasteiger partial charge is 0.368 e. The van der Waals surface area contributed by atoms with Crippen molar-refractivity contribution in [3.8, 4) is 0 Å². The van der Waals surface area contributed by atoms with Crippen molar-refractivity contribution in [2.45, 2.75) is 50.9 Å². The third-order valence-corrected chi connectivity index (χ3v) is 2.96. The zero-order valence-electron chi connectivity index (χ0n) is 6.83. The summed E-state index contributed by atoms with van der Waals surface area (Å²) in [7, 11) is 0. The van der Waals surface area contributed by atoms with E-state index in [2.05, 4.69) is 0 Å². The summed E-state index contributed by atoms with van der Waals surface area (Å²) >= 11 is 0. The number of hydrogen-bond donors (Lipinski definition) is 1. The van der Waals surface area contributed by atoms with Crippen LogP contribution in [0.4, 0.5) is 0 Å². The van der Waals surface area contributed by atoms with Crippen LogP contribution < -0.4 is 0 Å². The maximum absolute atomic E-state index is 9.23. The van der Waals surface area contributed by atoms with E-state index in [1.54, 1.807) is 0 Å². The van der Waals surface area contributed by atoms with Crippen LogP contribution in [0, 0.1) is 5.92 Å². The molecule has 0 aromatic carbocycles. The van der Waals surface area contributed by atoms with E-state index in [0.29, 0.717) is 6.10 Å². The summed E-state index contributed by atoms with van der Waals surface area (Å²) in [5.41, 5.74) is 0. The molecule has 0 aromatic heterocycles. The first-order chi connectivity index (χ1) is 5.36. The average Bonchev–Trinajstić information content (AvgIpc) is 2.04. The summed E-state index contributed by atoms with van der Waals surface area (Å²) in [6, 6.07) is 0. The van der Waals surface area contributed by atoms with Crippen LogP contribution >= 0.6 is 0 Å². The molecular formula is C9H16O2. The van der Waals surface area contributed by atoms with Crippen LogP contribution in [0.3, 0.4) is 0 Å². The van der Waals surface area contributed by atoms with Gasteiger partial charge in [0.1, 0.15) is 0 Å². The number of fused-ring (bicyclic) bond motifs is 1. The van der Waals surface area contributed by atoms with Crippen molar-refractivity contribution in [1.82, 2.24) is 0 Å². The van der Waals surface area contributed by atoms with E-state index in [1.165, 1.54) is 32.1 Å². The topological polar surface area (TPSA) is 29.5 Å². The van der Waals surface area contributed by atoms with Crippen LogP contribution in [0.5, 0.6) is 0 Å². The van der Waals surface area contributed by atoms with Gasteiger partial charge in [-0.25, -0.2) is 0 Å². The molecule has 11 heavy (non-hydrogen) atoms. The van der Waals surface area contributed by atoms with Crippen LogP contribution in [0.1, 0.15) is 38.5 Å². The molecule has 0 spiro atoms. The van der Waals surface area contributed by atoms with Gasteiger partial charge in [0, 0.05) is 0 Å². The summed E-state index contributed by atoms with van der Waals surface area (Å²) in [5.74, 6) is 0.757. The lowest BCUT2D eigenvalue weighted by molar-refractivity contribution is -0.190. The van der Waals surface area contributed by atoms with E-state index < -0.39 is 6.29 Å². The number of aliphatic hydroxyl groups excluding tert-OH is 1. The minimum atomic E-state index is -0.464. The maximum Gasteiger partial charge on any atom is 0.154 e. The van der Waals surface area contributed by atoms with Gasteiger partial charge in [0.15, 0.2) is 6.29 Å². The molecule has 1 heterocycles. The Labute approximate surface area is 67.6 Å². The molecule has 0 radical (unpaired) electrons. The fourth-order valence-corrected chi connectivity index (χ4v) is 2.31. The zero-order chi connectivity index (χ0) is 7.68. The Morgan fingerprint density at radius 3 is 2.73 bits per heavy atom. The second kappa shape index (κ2) is 3.11. The summed E-state index contributed by atoms with van der Waals surface area (Å²) in [6.45, 7) is 0. The molecule has 1 aliphatic carbocycles. The summed E-state index contributed by atoms with van der Waals surface area (Å²) in [5, 5.41) is 9.23. The van der Waals surface area contributed by atoms with Gasteiger partial charge in [-0.2, -0.15) is 0 Å². The second-order valence-electron chi connectivity index (χ2n) is 3.75. The van der Waals surface area contributed by atoms with Gasteiger partial charge in [-0.15, -0.1) is 0 Å². The van der Waals surface area contributed by atoms with Crippen molar-refractivity contribution in [2.24, 2.45) is 5.92 Å². The lowest BCUT2D eigenvalue weighted by Gasteiger charge is -2.37. The molecule has 64 valence electrons. The lowest BCUT2D eigenvalue weighted by atomic mass is 9.82. The molecule has 2 heteroatoms. The monoisotopic (exact) mass is 156 g/mol. The van der Waals surface area contributed by atoms with E-state index in [9.17, 15) is 5.11 Å². The Morgan fingerprint density at radius 2 is 1.82 bits per heavy atom. The van der Waals surface area contributed by atoms with Crippen LogP contribution in [0.15, 0.2) is 0 Å². The fraction of sp³-hybridized carbons (Fsp3) is 1.00. The highest BCUT2D eigenvalue weighted by molar-refractivity contribution is 4.79. The zero-order valence-corrected chi connectivity index (χ0v) is 6.83. The molecule has 3 atom stereocenters. The minimum Gasteiger partial charge on any atom is -0.368 e. The van der Waals surface area contributed by atoms with E-state index >= 15 is 0 Å². The third kappa shape index (κ3) is 1.57. The lowest BCUT2D eigenvalue weighted by Crippen LogP contribution is -2.36. The second-order valence-corrected chi connectivity index (χ2v) is 3.75. The molecular weight excluding hydrogens is 140 g/mol. The average molecular weight is 156 g/mol. The molecule has 0 bridgehead atoms. The van der Waals surface area contributed by atoms with Crippen LogP contribution in [0.2, 0.25) is 0 Å². The molecule has 2 rings (SSSR count). The van der Waals surface area contributed by atoms with Crippen molar-refractivity contribution < 1.29 is 9.84 Å². The SMILES string of the molecule is OC1CCC2CCCCC2O1. The van der Waals surface area contributed by atoms with Gasteiger partial charge >= 0.3 is 0 Å². The molecule has 1 N–H and O–H groups in total. The predicted octanol–water partition coefficient (Wildman–Crippen LogP) is 1.67. The molecule has 1 saturated heterocycles. The molecule has 2 fully saturated rings. The van der Waals surface area contributed by atoms with Gasteiger partial charge in [0.2, 0.25) is 0 Å². The smallest absolute Gasteiger partial charge is 0.154 e. The highest BCUT2D eigenvalue weighted by atomic mass is 16.6. The first-order valence-electron chi connectivity index (χ1n) is 4.70. The first-order valence-corrected chi connectivity index (χ1v) is 4.70. The Balaban J connectivity index is 1.93. The van der Waals surface area contributed by atoms with E-state index in [1.807, 2.05) is 0 Å². The molecule has 2 nitrogen and oxygen atoms in total. The Bertz CT molecular complexity index is 136. The van der Waals surface area contributed by atoms with E-state index in [4.69, 9.17) is 4.74 Å². The van der Waals surface area contributed by atoms with Crippen molar-refractivity contribution >= 4 is 0 Å². The van der Waals surface area contributed by atoms with Gasteiger partial charge < -0.3 is 9.84 Å². The Morgan fingerprint density at radius 1 is 1.00 bits per heavy atom. The molecule has 1 saturated carbocycles. The van der Waals surface area contributed by atoms with Crippen molar-refractivity contribution in [2.75, 3.05) is 0 Å². The fourth-order valence-electron chi connectivity index (χ4n) is 2.31. The van der Waals surface area contributed by atoms with Gasteiger partial charge in [0.05, 0.1) is 6.10 Å². The molecule has 0 aromatic rings. The van der Waals surface area contributed by atoms with Gasteiger partial charge in [0.25, 0.3) is 0 Å².